The number of carbonyl (C=O) groups is 2. The SMILES string of the molecule is O=C(CNc1cccc(C(=O)NCc2ccccc2)c1)Nc1cccc(OCCc2ccccc2)c1. The Labute approximate surface area is 211 Å². The van der Waals surface area contributed by atoms with Crippen LogP contribution in [0.25, 0.3) is 0 Å². The molecule has 3 N–H and O–H groups in total. The van der Waals surface area contributed by atoms with Crippen LogP contribution >= 0.6 is 0 Å². The van der Waals surface area contributed by atoms with Crippen LogP contribution in [0.1, 0.15) is 21.5 Å². The van der Waals surface area contributed by atoms with Gasteiger partial charge in [0.15, 0.2) is 0 Å². The van der Waals surface area contributed by atoms with Crippen LogP contribution < -0.4 is 20.7 Å². The molecule has 4 aromatic carbocycles. The highest BCUT2D eigenvalue weighted by Crippen LogP contribution is 2.18. The fraction of sp³-hybridized carbons (Fsp3) is 0.133. The molecule has 0 unspecified atom stereocenters. The molecule has 0 atom stereocenters. The number of hydrogen-bond acceptors (Lipinski definition) is 4. The molecule has 6 nitrogen and oxygen atoms in total. The molecule has 0 saturated heterocycles. The first-order valence-electron chi connectivity index (χ1n) is 11.9. The molecule has 182 valence electrons. The molecule has 0 radical (unpaired) electrons. The third kappa shape index (κ3) is 7.74. The standard InChI is InChI=1S/C30H29N3O3/c34-29(33-27-15-8-16-28(20-27)36-18-17-23-9-3-1-4-10-23)22-31-26-14-7-13-25(19-26)30(35)32-21-24-11-5-2-6-12-24/h1-16,19-20,31H,17-18,21-22H2,(H,32,35)(H,33,34). The molecule has 0 saturated carbocycles. The second-order valence-electron chi connectivity index (χ2n) is 8.26. The van der Waals surface area contributed by atoms with Crippen LogP contribution in [0.5, 0.6) is 5.75 Å². The summed E-state index contributed by atoms with van der Waals surface area (Å²) in [6.45, 7) is 1.07. The van der Waals surface area contributed by atoms with Gasteiger partial charge in [-0.2, -0.15) is 0 Å². The highest BCUT2D eigenvalue weighted by molar-refractivity contribution is 5.96. The summed E-state index contributed by atoms with van der Waals surface area (Å²) >= 11 is 0. The lowest BCUT2D eigenvalue weighted by Gasteiger charge is -2.11. The van der Waals surface area contributed by atoms with Crippen molar-refractivity contribution in [3.05, 3.63) is 126 Å². The third-order valence-electron chi connectivity index (χ3n) is 5.49. The van der Waals surface area contributed by atoms with E-state index in [-0.39, 0.29) is 18.4 Å². The molecule has 0 aliphatic carbocycles. The minimum atomic E-state index is -0.199. The van der Waals surface area contributed by atoms with E-state index >= 15 is 0 Å². The topological polar surface area (TPSA) is 79.5 Å². The zero-order valence-corrected chi connectivity index (χ0v) is 19.9. The number of anilines is 2. The van der Waals surface area contributed by atoms with Crippen molar-refractivity contribution in [2.75, 3.05) is 23.8 Å². The van der Waals surface area contributed by atoms with Crippen molar-refractivity contribution < 1.29 is 14.3 Å². The Morgan fingerprint density at radius 3 is 2.17 bits per heavy atom. The summed E-state index contributed by atoms with van der Waals surface area (Å²) in [7, 11) is 0. The van der Waals surface area contributed by atoms with Gasteiger partial charge in [-0.15, -0.1) is 0 Å². The van der Waals surface area contributed by atoms with E-state index in [0.717, 1.165) is 12.0 Å². The summed E-state index contributed by atoms with van der Waals surface area (Å²) < 4.78 is 5.84. The number of hydrogen-bond donors (Lipinski definition) is 3. The van der Waals surface area contributed by atoms with Crippen LogP contribution in [0, 0.1) is 0 Å². The van der Waals surface area contributed by atoms with Gasteiger partial charge >= 0.3 is 0 Å². The predicted octanol–water partition coefficient (Wildman–Crippen LogP) is 5.29. The second-order valence-corrected chi connectivity index (χ2v) is 8.26. The molecule has 0 spiro atoms. The predicted molar refractivity (Wildman–Crippen MR) is 143 cm³/mol. The molecule has 2 amide bonds. The molecular weight excluding hydrogens is 450 g/mol. The number of amides is 2. The third-order valence-corrected chi connectivity index (χ3v) is 5.49. The first kappa shape index (κ1) is 24.5. The summed E-state index contributed by atoms with van der Waals surface area (Å²) in [5.41, 5.74) is 4.12. The molecule has 4 aromatic rings. The molecule has 0 aliphatic rings. The lowest BCUT2D eigenvalue weighted by molar-refractivity contribution is -0.114. The van der Waals surface area contributed by atoms with Crippen molar-refractivity contribution in [2.24, 2.45) is 0 Å². The van der Waals surface area contributed by atoms with Gasteiger partial charge in [-0.1, -0.05) is 72.8 Å². The fourth-order valence-electron chi connectivity index (χ4n) is 3.63. The summed E-state index contributed by atoms with van der Waals surface area (Å²) in [6.07, 6.45) is 0.810. The summed E-state index contributed by atoms with van der Waals surface area (Å²) in [6, 6.07) is 34.3. The zero-order chi connectivity index (χ0) is 25.0. The first-order valence-corrected chi connectivity index (χ1v) is 11.9. The van der Waals surface area contributed by atoms with E-state index in [1.807, 2.05) is 72.8 Å². The molecule has 0 fully saturated rings. The van der Waals surface area contributed by atoms with E-state index in [9.17, 15) is 9.59 Å². The maximum Gasteiger partial charge on any atom is 0.251 e. The number of rotatable bonds is 11. The van der Waals surface area contributed by atoms with E-state index in [4.69, 9.17) is 4.74 Å². The van der Waals surface area contributed by atoms with Crippen molar-refractivity contribution in [2.45, 2.75) is 13.0 Å². The average Bonchev–Trinajstić information content (AvgIpc) is 2.92. The summed E-state index contributed by atoms with van der Waals surface area (Å²) in [5.74, 6) is 0.331. The molecule has 0 bridgehead atoms. The Balaban J connectivity index is 1.23. The average molecular weight is 480 g/mol. The van der Waals surface area contributed by atoms with E-state index < -0.39 is 0 Å². The fourth-order valence-corrected chi connectivity index (χ4v) is 3.63. The van der Waals surface area contributed by atoms with Crippen LogP contribution in [0.15, 0.2) is 109 Å². The van der Waals surface area contributed by atoms with Gasteiger partial charge in [0.25, 0.3) is 5.91 Å². The van der Waals surface area contributed by atoms with Gasteiger partial charge in [-0.25, -0.2) is 0 Å². The van der Waals surface area contributed by atoms with Gasteiger partial charge in [0, 0.05) is 36.0 Å². The molecule has 6 heteroatoms. The second kappa shape index (κ2) is 12.8. The molecule has 36 heavy (non-hydrogen) atoms. The van der Waals surface area contributed by atoms with Crippen LogP contribution in [0.3, 0.4) is 0 Å². The Morgan fingerprint density at radius 2 is 1.39 bits per heavy atom. The molecule has 0 aliphatic heterocycles. The number of ether oxygens (including phenoxy) is 1. The van der Waals surface area contributed by atoms with Gasteiger partial charge in [-0.3, -0.25) is 9.59 Å². The quantitative estimate of drug-likeness (QED) is 0.273. The molecule has 0 aromatic heterocycles. The smallest absolute Gasteiger partial charge is 0.251 e. The lowest BCUT2D eigenvalue weighted by atomic mass is 10.1. The Bertz CT molecular complexity index is 1280. The van der Waals surface area contributed by atoms with Gasteiger partial charge in [0.2, 0.25) is 5.91 Å². The first-order chi connectivity index (χ1) is 17.7. The van der Waals surface area contributed by atoms with Crippen LogP contribution in [-0.2, 0) is 17.8 Å². The summed E-state index contributed by atoms with van der Waals surface area (Å²) in [5, 5.41) is 8.86. The van der Waals surface area contributed by atoms with Gasteiger partial charge in [0.1, 0.15) is 5.75 Å². The minimum Gasteiger partial charge on any atom is -0.493 e. The monoisotopic (exact) mass is 479 g/mol. The normalized spacial score (nSPS) is 10.3. The number of nitrogens with one attached hydrogen (secondary N) is 3. The molecule has 4 rings (SSSR count). The van der Waals surface area contributed by atoms with E-state index in [0.29, 0.717) is 35.8 Å². The zero-order valence-electron chi connectivity index (χ0n) is 19.9. The van der Waals surface area contributed by atoms with E-state index in [1.54, 1.807) is 24.3 Å². The van der Waals surface area contributed by atoms with Crippen LogP contribution in [0.2, 0.25) is 0 Å². The van der Waals surface area contributed by atoms with Crippen molar-refractivity contribution in [3.8, 4) is 5.75 Å². The summed E-state index contributed by atoms with van der Waals surface area (Å²) in [4.78, 5) is 25.0. The van der Waals surface area contributed by atoms with E-state index in [1.165, 1.54) is 5.56 Å². The molecular formula is C30H29N3O3. The largest absolute Gasteiger partial charge is 0.493 e. The van der Waals surface area contributed by atoms with Crippen molar-refractivity contribution in [1.82, 2.24) is 5.32 Å². The highest BCUT2D eigenvalue weighted by Gasteiger charge is 2.08. The van der Waals surface area contributed by atoms with Crippen molar-refractivity contribution in [1.29, 1.82) is 0 Å². The Morgan fingerprint density at radius 1 is 0.694 bits per heavy atom. The van der Waals surface area contributed by atoms with Gasteiger partial charge < -0.3 is 20.7 Å². The van der Waals surface area contributed by atoms with Crippen LogP contribution in [0.4, 0.5) is 11.4 Å². The maximum atomic E-state index is 12.5. The number of carbonyl (C=O) groups excluding carboxylic acids is 2. The van der Waals surface area contributed by atoms with Gasteiger partial charge in [-0.05, 0) is 41.5 Å². The highest BCUT2D eigenvalue weighted by atomic mass is 16.5. The minimum absolute atomic E-state index is 0.0637. The molecule has 0 heterocycles. The van der Waals surface area contributed by atoms with Crippen LogP contribution in [-0.4, -0.2) is 25.0 Å². The van der Waals surface area contributed by atoms with Gasteiger partial charge in [0.05, 0.1) is 13.2 Å². The number of benzene rings is 4. The lowest BCUT2D eigenvalue weighted by Crippen LogP contribution is -2.23. The van der Waals surface area contributed by atoms with Crippen molar-refractivity contribution >= 4 is 23.2 Å². The Kier molecular flexibility index (Phi) is 8.70. The maximum absolute atomic E-state index is 12.5. The Hall–Kier alpha value is -4.58. The van der Waals surface area contributed by atoms with Crippen molar-refractivity contribution in [3.63, 3.8) is 0 Å². The van der Waals surface area contributed by atoms with E-state index in [2.05, 4.69) is 28.1 Å².